The van der Waals surface area contributed by atoms with E-state index in [1.807, 2.05) is 31.2 Å². The Bertz CT molecular complexity index is 1730. The predicted octanol–water partition coefficient (Wildman–Crippen LogP) is 5.68. The van der Waals surface area contributed by atoms with Gasteiger partial charge in [-0.15, -0.1) is 0 Å². The second-order valence-electron chi connectivity index (χ2n) is 9.50. The van der Waals surface area contributed by atoms with Gasteiger partial charge in [-0.25, -0.2) is 4.90 Å². The van der Waals surface area contributed by atoms with Gasteiger partial charge < -0.3 is 9.72 Å². The number of carbonyl (C=O) groups excluding carboxylic acids is 2. The number of aromatic nitrogens is 1. The first-order chi connectivity index (χ1) is 19.2. The number of ether oxygens (including phenoxy) is 1. The maximum absolute atomic E-state index is 14.0. The zero-order valence-corrected chi connectivity index (χ0v) is 23.2. The van der Waals surface area contributed by atoms with Crippen molar-refractivity contribution in [3.8, 4) is 5.75 Å². The molecule has 1 fully saturated rings. The number of nitrogens with zero attached hydrogens (tertiary/aromatic N) is 2. The molecule has 202 valence electrons. The van der Waals surface area contributed by atoms with Gasteiger partial charge in [-0.2, -0.15) is 0 Å². The Balaban J connectivity index is 1.48. The summed E-state index contributed by atoms with van der Waals surface area (Å²) in [4.78, 5) is 55.5. The van der Waals surface area contributed by atoms with E-state index < -0.39 is 33.8 Å². The highest BCUT2D eigenvalue weighted by atomic mass is 35.5. The normalized spacial score (nSPS) is 19.9. The Morgan fingerprint density at radius 1 is 1.05 bits per heavy atom. The summed E-state index contributed by atoms with van der Waals surface area (Å²) in [5, 5.41) is 11.9. The number of thioether (sulfide) groups is 1. The van der Waals surface area contributed by atoms with Gasteiger partial charge >= 0.3 is 4.87 Å². The van der Waals surface area contributed by atoms with Gasteiger partial charge in [0.25, 0.3) is 5.69 Å². The SMILES string of the molecule is Cc1cccc(COc2ccc([N+](=O)[O-])cc2C2c3sc(=O)[nH]c3SC3C(=O)N(c4ccc(Cl)cc4)C(=O)C32)c1. The summed E-state index contributed by atoms with van der Waals surface area (Å²) in [6, 6.07) is 18.3. The summed E-state index contributed by atoms with van der Waals surface area (Å²) in [6.45, 7) is 2.15. The number of halogens is 1. The highest BCUT2D eigenvalue weighted by Gasteiger charge is 2.57. The number of rotatable bonds is 6. The highest BCUT2D eigenvalue weighted by Crippen LogP contribution is 2.55. The van der Waals surface area contributed by atoms with E-state index in [1.54, 1.807) is 24.3 Å². The van der Waals surface area contributed by atoms with Gasteiger partial charge in [-0.1, -0.05) is 64.5 Å². The molecule has 0 bridgehead atoms. The van der Waals surface area contributed by atoms with Gasteiger partial charge in [0, 0.05) is 33.5 Å². The molecule has 0 aliphatic carbocycles. The largest absolute Gasteiger partial charge is 0.489 e. The fourth-order valence-electron chi connectivity index (χ4n) is 5.18. The zero-order valence-electron chi connectivity index (χ0n) is 20.8. The van der Waals surface area contributed by atoms with Crippen molar-refractivity contribution in [3.05, 3.63) is 113 Å². The van der Waals surface area contributed by atoms with E-state index >= 15 is 0 Å². The van der Waals surface area contributed by atoms with Gasteiger partial charge in [0.05, 0.1) is 21.6 Å². The third-order valence-corrected chi connectivity index (χ3v) is 9.58. The number of thiazole rings is 1. The lowest BCUT2D eigenvalue weighted by Gasteiger charge is -2.30. The molecule has 12 heteroatoms. The van der Waals surface area contributed by atoms with E-state index in [9.17, 15) is 24.5 Å². The van der Waals surface area contributed by atoms with Crippen molar-refractivity contribution in [2.75, 3.05) is 4.90 Å². The molecule has 6 rings (SSSR count). The van der Waals surface area contributed by atoms with Crippen LogP contribution in [0.25, 0.3) is 0 Å². The first-order valence-electron chi connectivity index (χ1n) is 12.2. The van der Waals surface area contributed by atoms with Crippen molar-refractivity contribution >= 4 is 57.9 Å². The number of non-ortho nitro benzene ring substituents is 1. The van der Waals surface area contributed by atoms with Crippen LogP contribution >= 0.6 is 34.7 Å². The number of amides is 2. The number of aromatic amines is 1. The molecule has 4 aromatic rings. The summed E-state index contributed by atoms with van der Waals surface area (Å²) < 4.78 is 6.19. The third kappa shape index (κ3) is 4.59. The molecular formula is C28H20ClN3O6S2. The van der Waals surface area contributed by atoms with Gasteiger partial charge in [-0.05, 0) is 42.8 Å². The van der Waals surface area contributed by atoms with Crippen molar-refractivity contribution in [2.24, 2.45) is 5.92 Å². The van der Waals surface area contributed by atoms with Crippen LogP contribution in [0, 0.1) is 23.0 Å². The maximum atomic E-state index is 14.0. The van der Waals surface area contributed by atoms with Crippen LogP contribution in [0.4, 0.5) is 11.4 Å². The van der Waals surface area contributed by atoms with Crippen molar-refractivity contribution < 1.29 is 19.2 Å². The molecule has 3 heterocycles. The van der Waals surface area contributed by atoms with Crippen LogP contribution < -0.4 is 14.5 Å². The lowest BCUT2D eigenvalue weighted by atomic mass is 9.82. The number of imide groups is 1. The molecule has 2 aliphatic rings. The van der Waals surface area contributed by atoms with E-state index in [0.717, 1.165) is 39.1 Å². The molecule has 1 aromatic heterocycles. The lowest BCUT2D eigenvalue weighted by Crippen LogP contribution is -2.32. The number of fused-ring (bicyclic) bond motifs is 2. The van der Waals surface area contributed by atoms with Crippen molar-refractivity contribution in [1.82, 2.24) is 4.98 Å². The van der Waals surface area contributed by atoms with Crippen LogP contribution in [-0.4, -0.2) is 27.0 Å². The first-order valence-corrected chi connectivity index (χ1v) is 14.3. The van der Waals surface area contributed by atoms with Gasteiger partial charge in [0.15, 0.2) is 0 Å². The van der Waals surface area contributed by atoms with Crippen LogP contribution in [0.15, 0.2) is 76.6 Å². The molecule has 0 saturated carbocycles. The number of carbonyl (C=O) groups is 2. The molecular weight excluding hydrogens is 574 g/mol. The molecule has 2 aliphatic heterocycles. The predicted molar refractivity (Wildman–Crippen MR) is 152 cm³/mol. The Kier molecular flexibility index (Phi) is 6.73. The van der Waals surface area contributed by atoms with Gasteiger partial charge in [0.2, 0.25) is 11.8 Å². The number of H-pyrrole nitrogens is 1. The molecule has 40 heavy (non-hydrogen) atoms. The Morgan fingerprint density at radius 3 is 2.55 bits per heavy atom. The quantitative estimate of drug-likeness (QED) is 0.173. The molecule has 2 amide bonds. The van der Waals surface area contributed by atoms with Gasteiger partial charge in [0.1, 0.15) is 17.6 Å². The summed E-state index contributed by atoms with van der Waals surface area (Å²) in [5.41, 5.74) is 2.50. The average Bonchev–Trinajstić information content (AvgIpc) is 3.42. The third-order valence-electron chi connectivity index (χ3n) is 6.92. The number of anilines is 1. The van der Waals surface area contributed by atoms with Crippen LogP contribution in [-0.2, 0) is 16.2 Å². The van der Waals surface area contributed by atoms with Crippen LogP contribution in [0.1, 0.15) is 27.5 Å². The lowest BCUT2D eigenvalue weighted by molar-refractivity contribution is -0.385. The van der Waals surface area contributed by atoms with E-state index in [1.165, 1.54) is 18.2 Å². The minimum atomic E-state index is -0.921. The van der Waals surface area contributed by atoms with E-state index in [0.29, 0.717) is 31.9 Å². The summed E-state index contributed by atoms with van der Waals surface area (Å²) in [5.74, 6) is -2.31. The number of aryl methyl sites for hydroxylation is 1. The molecule has 3 unspecified atom stereocenters. The number of hydrogen-bond donors (Lipinski definition) is 1. The second-order valence-corrected chi connectivity index (χ2v) is 12.1. The molecule has 3 atom stereocenters. The number of nitro groups is 1. The number of hydrogen-bond acceptors (Lipinski definition) is 8. The highest BCUT2D eigenvalue weighted by molar-refractivity contribution is 8.00. The maximum Gasteiger partial charge on any atom is 0.305 e. The Hall–Kier alpha value is -3.93. The fourth-order valence-corrected chi connectivity index (χ4v) is 7.82. The van der Waals surface area contributed by atoms with Crippen molar-refractivity contribution in [2.45, 2.75) is 29.7 Å². The minimum Gasteiger partial charge on any atom is -0.489 e. The topological polar surface area (TPSA) is 123 Å². The zero-order chi connectivity index (χ0) is 28.1. The van der Waals surface area contributed by atoms with Crippen molar-refractivity contribution in [3.63, 3.8) is 0 Å². The standard InChI is InChI=1S/C28H20ClN3O6S2/c1-14-3-2-4-15(11-14)13-38-20-10-9-18(32(36)37)12-19(20)21-22-24(39-25-23(21)40-28(35)30-25)27(34)31(26(22)33)17-7-5-16(29)6-8-17/h2-12,21-22,24H,13H2,1H3,(H,30,35). The van der Waals surface area contributed by atoms with E-state index in [4.69, 9.17) is 16.3 Å². The summed E-state index contributed by atoms with van der Waals surface area (Å²) in [6.07, 6.45) is 0. The molecule has 3 aromatic carbocycles. The summed E-state index contributed by atoms with van der Waals surface area (Å²) in [7, 11) is 0. The first kappa shape index (κ1) is 26.3. The number of nitrogens with one attached hydrogen (secondary N) is 1. The monoisotopic (exact) mass is 593 g/mol. The van der Waals surface area contributed by atoms with Crippen LogP contribution in [0.2, 0.25) is 5.02 Å². The fraction of sp³-hybridized carbons (Fsp3) is 0.179. The number of benzene rings is 3. The molecule has 9 nitrogen and oxygen atoms in total. The average molecular weight is 594 g/mol. The van der Waals surface area contributed by atoms with Crippen LogP contribution in [0.3, 0.4) is 0 Å². The van der Waals surface area contributed by atoms with E-state index in [-0.39, 0.29) is 17.2 Å². The molecule has 0 radical (unpaired) electrons. The molecule has 1 N–H and O–H groups in total. The minimum absolute atomic E-state index is 0.183. The van der Waals surface area contributed by atoms with E-state index in [2.05, 4.69) is 4.98 Å². The van der Waals surface area contributed by atoms with Crippen LogP contribution in [0.5, 0.6) is 5.75 Å². The Morgan fingerprint density at radius 2 is 1.82 bits per heavy atom. The molecule has 0 spiro atoms. The smallest absolute Gasteiger partial charge is 0.305 e. The second kappa shape index (κ2) is 10.2. The number of nitro benzene ring substituents is 1. The molecule has 1 saturated heterocycles. The Labute approximate surface area is 240 Å². The van der Waals surface area contributed by atoms with Crippen molar-refractivity contribution in [1.29, 1.82) is 0 Å². The summed E-state index contributed by atoms with van der Waals surface area (Å²) >= 11 is 8.08. The van der Waals surface area contributed by atoms with Gasteiger partial charge in [-0.3, -0.25) is 24.5 Å².